The van der Waals surface area contributed by atoms with E-state index in [1.165, 1.54) is 4.90 Å². The molecule has 168 valence electrons. The summed E-state index contributed by atoms with van der Waals surface area (Å²) < 4.78 is 5.49. The van der Waals surface area contributed by atoms with Gasteiger partial charge in [-0.1, -0.05) is 60.1 Å². The lowest BCUT2D eigenvalue weighted by atomic mass is 9.58. The summed E-state index contributed by atoms with van der Waals surface area (Å²) in [6, 6.07) is 22.4. The molecule has 1 aliphatic heterocycles. The zero-order valence-electron chi connectivity index (χ0n) is 18.1. The normalized spacial score (nSPS) is 20.8. The van der Waals surface area contributed by atoms with Crippen LogP contribution in [-0.4, -0.2) is 24.1 Å². The van der Waals surface area contributed by atoms with Crippen LogP contribution in [0.1, 0.15) is 17.0 Å². The molecule has 0 spiro atoms. The average molecular weight is 470 g/mol. The molecule has 7 nitrogen and oxygen atoms in total. The molecule has 1 amide bonds. The summed E-state index contributed by atoms with van der Waals surface area (Å²) in [5.74, 6) is -1.23. The van der Waals surface area contributed by atoms with Crippen LogP contribution < -0.4 is 5.73 Å². The second-order valence-electron chi connectivity index (χ2n) is 8.17. The van der Waals surface area contributed by atoms with E-state index in [4.69, 9.17) is 22.1 Å². The molecule has 8 heteroatoms. The molecule has 2 aromatic rings. The highest BCUT2D eigenvalue weighted by Gasteiger charge is 2.54. The molecule has 0 aromatic heterocycles. The van der Waals surface area contributed by atoms with E-state index in [0.29, 0.717) is 16.2 Å². The van der Waals surface area contributed by atoms with Crippen molar-refractivity contribution in [3.63, 3.8) is 0 Å². The van der Waals surface area contributed by atoms with Crippen LogP contribution in [0.2, 0.25) is 5.02 Å². The molecule has 0 radical (unpaired) electrons. The number of nitriles is 3. The number of halogens is 1. The number of carbonyl (C=O) groups excluding carboxylic acids is 1. The molecular formula is C26H20ClN5O2. The van der Waals surface area contributed by atoms with Crippen LogP contribution in [0, 0.1) is 45.3 Å². The monoisotopic (exact) mass is 469 g/mol. The van der Waals surface area contributed by atoms with Crippen molar-refractivity contribution in [1.82, 2.24) is 4.90 Å². The zero-order valence-corrected chi connectivity index (χ0v) is 18.9. The largest absolute Gasteiger partial charge is 0.445 e. The van der Waals surface area contributed by atoms with E-state index >= 15 is 0 Å². The van der Waals surface area contributed by atoms with Crippen molar-refractivity contribution in [1.29, 1.82) is 15.8 Å². The smallest absolute Gasteiger partial charge is 0.410 e. The fourth-order valence-electron chi connectivity index (χ4n) is 4.69. The quantitative estimate of drug-likeness (QED) is 0.709. The fourth-order valence-corrected chi connectivity index (χ4v) is 4.81. The van der Waals surface area contributed by atoms with Crippen molar-refractivity contribution in [2.75, 3.05) is 13.1 Å². The van der Waals surface area contributed by atoms with Crippen molar-refractivity contribution >= 4 is 17.7 Å². The first-order valence-electron chi connectivity index (χ1n) is 10.6. The van der Waals surface area contributed by atoms with Crippen molar-refractivity contribution in [3.8, 4) is 18.2 Å². The Morgan fingerprint density at radius 3 is 2.41 bits per heavy atom. The number of rotatable bonds is 3. The van der Waals surface area contributed by atoms with E-state index in [-0.39, 0.29) is 31.0 Å². The van der Waals surface area contributed by atoms with E-state index < -0.39 is 23.3 Å². The summed E-state index contributed by atoms with van der Waals surface area (Å²) in [5, 5.41) is 30.6. The topological polar surface area (TPSA) is 127 Å². The van der Waals surface area contributed by atoms with Gasteiger partial charge in [0, 0.05) is 29.9 Å². The van der Waals surface area contributed by atoms with Gasteiger partial charge in [-0.15, -0.1) is 0 Å². The summed E-state index contributed by atoms with van der Waals surface area (Å²) in [5.41, 5.74) is 6.73. The third kappa shape index (κ3) is 3.86. The van der Waals surface area contributed by atoms with E-state index in [2.05, 4.69) is 18.2 Å². The highest BCUT2D eigenvalue weighted by Crippen LogP contribution is 2.54. The maximum atomic E-state index is 12.9. The molecule has 0 bridgehead atoms. The second kappa shape index (κ2) is 9.32. The van der Waals surface area contributed by atoms with Gasteiger partial charge in [-0.3, -0.25) is 0 Å². The molecule has 34 heavy (non-hydrogen) atoms. The van der Waals surface area contributed by atoms with Gasteiger partial charge in [0.2, 0.25) is 0 Å². The van der Waals surface area contributed by atoms with Crippen LogP contribution in [0.3, 0.4) is 0 Å². The molecular weight excluding hydrogens is 450 g/mol. The maximum absolute atomic E-state index is 12.9. The van der Waals surface area contributed by atoms with Gasteiger partial charge in [0.25, 0.3) is 0 Å². The lowest BCUT2D eigenvalue weighted by molar-refractivity contribution is 0.0898. The Morgan fingerprint density at radius 1 is 1.12 bits per heavy atom. The zero-order chi connectivity index (χ0) is 24.3. The standard InChI is InChI=1S/C26H20ClN5O2/c27-19-8-6-18(7-9-19)23-22-13-32(25(33)34-14-17-4-2-1-3-5-17)11-10-20(22)21(12-28)24(31)26(23,15-29)16-30/h1-10,22-23H,11,13-14,31H2/t22-,23-/m1/s1. The number of allylic oxidation sites excluding steroid dienone is 2. The predicted octanol–water partition coefficient (Wildman–Crippen LogP) is 4.40. The van der Waals surface area contributed by atoms with Crippen molar-refractivity contribution in [3.05, 3.63) is 93.7 Å². The number of hydrogen-bond donors (Lipinski definition) is 1. The molecule has 2 aromatic carbocycles. The van der Waals surface area contributed by atoms with Crippen LogP contribution in [0.15, 0.2) is 77.5 Å². The van der Waals surface area contributed by atoms with Crippen molar-refractivity contribution in [2.24, 2.45) is 17.1 Å². The Bertz CT molecular complexity index is 1280. The predicted molar refractivity (Wildman–Crippen MR) is 124 cm³/mol. The Morgan fingerprint density at radius 2 is 1.79 bits per heavy atom. The molecule has 2 aliphatic rings. The Labute approximate surface area is 202 Å². The number of fused-ring (bicyclic) bond motifs is 1. The molecule has 1 aliphatic carbocycles. The summed E-state index contributed by atoms with van der Waals surface area (Å²) in [6.45, 7) is 0.502. The molecule has 2 N–H and O–H groups in total. The maximum Gasteiger partial charge on any atom is 0.410 e. The molecule has 0 saturated carbocycles. The first kappa shape index (κ1) is 22.9. The fraction of sp³-hybridized carbons (Fsp3) is 0.231. The van der Waals surface area contributed by atoms with E-state index in [1.54, 1.807) is 30.3 Å². The van der Waals surface area contributed by atoms with Gasteiger partial charge in [0.1, 0.15) is 12.7 Å². The van der Waals surface area contributed by atoms with E-state index in [9.17, 15) is 20.6 Å². The molecule has 2 atom stereocenters. The van der Waals surface area contributed by atoms with Gasteiger partial charge in [-0.2, -0.15) is 15.8 Å². The number of nitrogens with two attached hydrogens (primary N) is 1. The van der Waals surface area contributed by atoms with Crippen LogP contribution in [-0.2, 0) is 11.3 Å². The van der Waals surface area contributed by atoms with Gasteiger partial charge in [0.05, 0.1) is 23.4 Å². The first-order chi connectivity index (χ1) is 16.4. The molecule has 0 unspecified atom stereocenters. The molecule has 0 fully saturated rings. The second-order valence-corrected chi connectivity index (χ2v) is 8.61. The van der Waals surface area contributed by atoms with Crippen molar-refractivity contribution < 1.29 is 9.53 Å². The molecule has 4 rings (SSSR count). The van der Waals surface area contributed by atoms with Crippen LogP contribution in [0.25, 0.3) is 0 Å². The molecule has 0 saturated heterocycles. The average Bonchev–Trinajstić information content (AvgIpc) is 2.88. The first-order valence-corrected chi connectivity index (χ1v) is 11.0. The Balaban J connectivity index is 1.73. The van der Waals surface area contributed by atoms with E-state index in [1.807, 2.05) is 30.3 Å². The summed E-state index contributed by atoms with van der Waals surface area (Å²) in [6.07, 6.45) is 1.24. The Hall–Kier alpha value is -4.25. The minimum atomic E-state index is -1.78. The number of hydrogen-bond acceptors (Lipinski definition) is 6. The summed E-state index contributed by atoms with van der Waals surface area (Å²) >= 11 is 6.06. The lowest BCUT2D eigenvalue weighted by Gasteiger charge is -2.45. The highest BCUT2D eigenvalue weighted by molar-refractivity contribution is 6.30. The number of nitrogens with zero attached hydrogens (tertiary/aromatic N) is 4. The van der Waals surface area contributed by atoms with Crippen molar-refractivity contribution in [2.45, 2.75) is 12.5 Å². The lowest BCUT2D eigenvalue weighted by Crippen LogP contribution is -2.49. The van der Waals surface area contributed by atoms with Gasteiger partial charge < -0.3 is 15.4 Å². The van der Waals surface area contributed by atoms with E-state index in [0.717, 1.165) is 5.56 Å². The van der Waals surface area contributed by atoms with Crippen LogP contribution in [0.5, 0.6) is 0 Å². The SMILES string of the molecule is N#CC1=C(N)C(C#N)(C#N)[C@H](c2ccc(Cl)cc2)[C@@H]2CN(C(=O)OCc3ccccc3)CC=C12. The van der Waals surface area contributed by atoms with Crippen LogP contribution >= 0.6 is 11.6 Å². The number of benzene rings is 2. The third-order valence-corrected chi connectivity index (χ3v) is 6.61. The van der Waals surface area contributed by atoms with Crippen LogP contribution in [0.4, 0.5) is 4.79 Å². The highest BCUT2D eigenvalue weighted by atomic mass is 35.5. The minimum Gasteiger partial charge on any atom is -0.445 e. The molecule has 1 heterocycles. The van der Waals surface area contributed by atoms with Gasteiger partial charge in [-0.05, 0) is 28.8 Å². The summed E-state index contributed by atoms with van der Waals surface area (Å²) in [4.78, 5) is 14.4. The number of ether oxygens (including phenoxy) is 1. The Kier molecular flexibility index (Phi) is 6.28. The minimum absolute atomic E-state index is 0.0671. The van der Waals surface area contributed by atoms with Gasteiger partial charge in [0.15, 0.2) is 5.41 Å². The number of amides is 1. The van der Waals surface area contributed by atoms with Gasteiger partial charge in [-0.25, -0.2) is 4.79 Å². The van der Waals surface area contributed by atoms with Gasteiger partial charge >= 0.3 is 6.09 Å². The number of carbonyl (C=O) groups is 1. The third-order valence-electron chi connectivity index (χ3n) is 6.36. The summed E-state index contributed by atoms with van der Waals surface area (Å²) in [7, 11) is 0.